The Bertz CT molecular complexity index is 476. The van der Waals surface area contributed by atoms with Gasteiger partial charge in [0.2, 0.25) is 0 Å². The molecule has 2 rings (SSSR count). The van der Waals surface area contributed by atoms with Crippen molar-refractivity contribution in [2.75, 3.05) is 13.1 Å². The average molecular weight is 275 g/mol. The molecule has 1 heterocycles. The Kier molecular flexibility index (Phi) is 4.69. The van der Waals surface area contributed by atoms with Gasteiger partial charge in [0.25, 0.3) is 5.91 Å². The molecule has 0 unspecified atom stereocenters. The first-order valence-electron chi connectivity index (χ1n) is 7.50. The van der Waals surface area contributed by atoms with E-state index in [0.717, 1.165) is 43.2 Å². The second-order valence-electron chi connectivity index (χ2n) is 5.97. The maximum Gasteiger partial charge on any atom is 0.263 e. The van der Waals surface area contributed by atoms with Crippen LogP contribution in [0.3, 0.4) is 0 Å². The fraction of sp³-hybridized carbons (Fsp3) is 0.588. The molecule has 0 aromatic heterocycles. The minimum atomic E-state index is -0.413. The second kappa shape index (κ2) is 6.29. The smallest absolute Gasteiger partial charge is 0.263 e. The normalized spacial score (nSPS) is 17.9. The lowest BCUT2D eigenvalue weighted by molar-refractivity contribution is -0.139. The Morgan fingerprint density at radius 1 is 1.30 bits per heavy atom. The number of ether oxygens (including phenoxy) is 1. The van der Waals surface area contributed by atoms with Crippen LogP contribution in [0.2, 0.25) is 0 Å². The molecule has 0 saturated carbocycles. The molecule has 1 amide bonds. The van der Waals surface area contributed by atoms with Crippen LogP contribution in [-0.4, -0.2) is 30.0 Å². The highest BCUT2D eigenvalue weighted by Gasteiger charge is 2.25. The molecule has 0 bridgehead atoms. The molecule has 0 aliphatic carbocycles. The molecule has 110 valence electrons. The van der Waals surface area contributed by atoms with E-state index in [1.165, 1.54) is 5.56 Å². The molecule has 0 N–H and O–H groups in total. The quantitative estimate of drug-likeness (QED) is 0.847. The van der Waals surface area contributed by atoms with Gasteiger partial charge in [-0.05, 0) is 56.7 Å². The van der Waals surface area contributed by atoms with E-state index < -0.39 is 6.10 Å². The van der Waals surface area contributed by atoms with Gasteiger partial charge in [-0.3, -0.25) is 4.79 Å². The van der Waals surface area contributed by atoms with Crippen LogP contribution in [0.25, 0.3) is 0 Å². The number of rotatable bonds is 3. The van der Waals surface area contributed by atoms with E-state index in [1.54, 1.807) is 0 Å². The van der Waals surface area contributed by atoms with Crippen molar-refractivity contribution >= 4 is 5.91 Å². The molecule has 1 aromatic rings. The van der Waals surface area contributed by atoms with Crippen molar-refractivity contribution in [3.05, 3.63) is 29.3 Å². The van der Waals surface area contributed by atoms with Gasteiger partial charge in [0.15, 0.2) is 6.10 Å². The zero-order valence-electron chi connectivity index (χ0n) is 13.0. The summed E-state index contributed by atoms with van der Waals surface area (Å²) in [5, 5.41) is 0. The number of amides is 1. The van der Waals surface area contributed by atoms with Crippen molar-refractivity contribution in [1.82, 2.24) is 4.90 Å². The van der Waals surface area contributed by atoms with Crippen molar-refractivity contribution in [3.8, 4) is 5.75 Å². The van der Waals surface area contributed by atoms with E-state index >= 15 is 0 Å². The third-order valence-corrected chi connectivity index (χ3v) is 4.30. The van der Waals surface area contributed by atoms with Gasteiger partial charge in [0.1, 0.15) is 5.75 Å². The first-order chi connectivity index (χ1) is 9.49. The van der Waals surface area contributed by atoms with Crippen molar-refractivity contribution < 1.29 is 9.53 Å². The first kappa shape index (κ1) is 14.9. The summed E-state index contributed by atoms with van der Waals surface area (Å²) < 4.78 is 5.88. The highest BCUT2D eigenvalue weighted by molar-refractivity contribution is 5.81. The Hall–Kier alpha value is -1.51. The summed E-state index contributed by atoms with van der Waals surface area (Å²) in [4.78, 5) is 14.3. The molecule has 1 saturated heterocycles. The molecular weight excluding hydrogens is 250 g/mol. The van der Waals surface area contributed by atoms with Gasteiger partial charge in [-0.15, -0.1) is 0 Å². The number of hydrogen-bond acceptors (Lipinski definition) is 2. The molecule has 1 aromatic carbocycles. The number of hydrogen-bond donors (Lipinski definition) is 0. The molecule has 1 aliphatic rings. The zero-order chi connectivity index (χ0) is 14.7. The highest BCUT2D eigenvalue weighted by Crippen LogP contribution is 2.23. The standard InChI is InChI=1S/C17H25NO2/c1-12-8-10-18(11-9-12)17(19)15(4)20-16-7-5-6-13(2)14(16)3/h5-7,12,15H,8-11H2,1-4H3/t15-/m1/s1. The maximum atomic E-state index is 12.4. The van der Waals surface area contributed by atoms with Gasteiger partial charge in [-0.25, -0.2) is 0 Å². The van der Waals surface area contributed by atoms with Crippen molar-refractivity contribution in [2.45, 2.75) is 46.6 Å². The Morgan fingerprint density at radius 2 is 1.95 bits per heavy atom. The molecule has 20 heavy (non-hydrogen) atoms. The van der Waals surface area contributed by atoms with Crippen molar-refractivity contribution in [1.29, 1.82) is 0 Å². The second-order valence-corrected chi connectivity index (χ2v) is 5.97. The van der Waals surface area contributed by atoms with Gasteiger partial charge in [-0.2, -0.15) is 0 Å². The molecule has 1 atom stereocenters. The van der Waals surface area contributed by atoms with Gasteiger partial charge in [0.05, 0.1) is 0 Å². The average Bonchev–Trinajstić information content (AvgIpc) is 2.44. The molecule has 3 heteroatoms. The van der Waals surface area contributed by atoms with Crippen LogP contribution in [0.4, 0.5) is 0 Å². The number of carbonyl (C=O) groups is 1. The number of piperidine rings is 1. The van der Waals surface area contributed by atoms with Crippen LogP contribution < -0.4 is 4.74 Å². The Balaban J connectivity index is 1.99. The number of nitrogens with zero attached hydrogens (tertiary/aromatic N) is 1. The lowest BCUT2D eigenvalue weighted by Gasteiger charge is -2.32. The van der Waals surface area contributed by atoms with Crippen molar-refractivity contribution in [3.63, 3.8) is 0 Å². The van der Waals surface area contributed by atoms with Crippen LogP contribution in [-0.2, 0) is 4.79 Å². The van der Waals surface area contributed by atoms with Crippen LogP contribution in [0.1, 0.15) is 37.8 Å². The number of aryl methyl sites for hydroxylation is 1. The third kappa shape index (κ3) is 3.33. The SMILES string of the molecule is Cc1cccc(O[C@H](C)C(=O)N2CCC(C)CC2)c1C. The topological polar surface area (TPSA) is 29.5 Å². The molecule has 3 nitrogen and oxygen atoms in total. The monoisotopic (exact) mass is 275 g/mol. The summed E-state index contributed by atoms with van der Waals surface area (Å²) in [6.45, 7) is 9.91. The number of carbonyl (C=O) groups excluding carboxylic acids is 1. The summed E-state index contributed by atoms with van der Waals surface area (Å²) in [7, 11) is 0. The van der Waals surface area contributed by atoms with E-state index in [2.05, 4.69) is 19.9 Å². The predicted molar refractivity (Wildman–Crippen MR) is 81.0 cm³/mol. The van der Waals surface area contributed by atoms with Crippen LogP contribution in [0, 0.1) is 19.8 Å². The fourth-order valence-electron chi connectivity index (χ4n) is 2.58. The van der Waals surface area contributed by atoms with Gasteiger partial charge < -0.3 is 9.64 Å². The molecule has 0 radical (unpaired) electrons. The van der Waals surface area contributed by atoms with Gasteiger partial charge >= 0.3 is 0 Å². The van der Waals surface area contributed by atoms with E-state index in [1.807, 2.05) is 30.9 Å². The van der Waals surface area contributed by atoms with E-state index in [0.29, 0.717) is 0 Å². The van der Waals surface area contributed by atoms with E-state index in [4.69, 9.17) is 4.74 Å². The molecule has 1 fully saturated rings. The highest BCUT2D eigenvalue weighted by atomic mass is 16.5. The molecule has 0 spiro atoms. The lowest BCUT2D eigenvalue weighted by Crippen LogP contribution is -2.44. The zero-order valence-corrected chi connectivity index (χ0v) is 13.0. The number of benzene rings is 1. The van der Waals surface area contributed by atoms with E-state index in [9.17, 15) is 4.79 Å². The van der Waals surface area contributed by atoms with Crippen LogP contribution in [0.15, 0.2) is 18.2 Å². The fourth-order valence-corrected chi connectivity index (χ4v) is 2.58. The maximum absolute atomic E-state index is 12.4. The van der Waals surface area contributed by atoms with Crippen LogP contribution >= 0.6 is 0 Å². The summed E-state index contributed by atoms with van der Waals surface area (Å²) in [6.07, 6.45) is 1.79. The number of likely N-dealkylation sites (tertiary alicyclic amines) is 1. The molecule has 1 aliphatic heterocycles. The van der Waals surface area contributed by atoms with Crippen LogP contribution in [0.5, 0.6) is 5.75 Å². The summed E-state index contributed by atoms with van der Waals surface area (Å²) in [5.41, 5.74) is 2.30. The predicted octanol–water partition coefficient (Wildman–Crippen LogP) is 3.33. The minimum absolute atomic E-state index is 0.109. The Morgan fingerprint density at radius 3 is 2.60 bits per heavy atom. The Labute approximate surface area is 121 Å². The molecular formula is C17H25NO2. The van der Waals surface area contributed by atoms with Gasteiger partial charge in [0, 0.05) is 13.1 Å². The van der Waals surface area contributed by atoms with E-state index in [-0.39, 0.29) is 5.91 Å². The third-order valence-electron chi connectivity index (χ3n) is 4.30. The summed E-state index contributed by atoms with van der Waals surface area (Å²) in [6, 6.07) is 5.96. The largest absolute Gasteiger partial charge is 0.481 e. The summed E-state index contributed by atoms with van der Waals surface area (Å²) >= 11 is 0. The first-order valence-corrected chi connectivity index (χ1v) is 7.50. The minimum Gasteiger partial charge on any atom is -0.481 e. The lowest BCUT2D eigenvalue weighted by atomic mass is 9.99. The van der Waals surface area contributed by atoms with Crippen molar-refractivity contribution in [2.24, 2.45) is 5.92 Å². The summed E-state index contributed by atoms with van der Waals surface area (Å²) in [5.74, 6) is 1.66. The van der Waals surface area contributed by atoms with Gasteiger partial charge in [-0.1, -0.05) is 19.1 Å².